The van der Waals surface area contributed by atoms with E-state index in [0.717, 1.165) is 26.2 Å². The lowest BCUT2D eigenvalue weighted by Gasteiger charge is -2.28. The lowest BCUT2D eigenvalue weighted by molar-refractivity contribution is -0.144. The average Bonchev–Trinajstić information content (AvgIpc) is 1.79. The molecule has 0 aromatic heterocycles. The summed E-state index contributed by atoms with van der Waals surface area (Å²) in [5, 5.41) is 0. The summed E-state index contributed by atoms with van der Waals surface area (Å²) >= 11 is 0. The first kappa shape index (κ1) is 8.62. The second kappa shape index (κ2) is 2.88. The van der Waals surface area contributed by atoms with Gasteiger partial charge in [0.1, 0.15) is 0 Å². The van der Waals surface area contributed by atoms with Crippen LogP contribution in [0.25, 0.3) is 0 Å². The van der Waals surface area contributed by atoms with Crippen molar-refractivity contribution >= 4 is 5.78 Å². The predicted octanol–water partition coefficient (Wildman–Crippen LogP) is 2.40. The second-order valence-electron chi connectivity index (χ2n) is 3.26. The highest BCUT2D eigenvalue weighted by Gasteiger charge is 2.39. The molecule has 64 valence electrons. The maximum atomic E-state index is 12.7. The number of ketones is 1. The van der Waals surface area contributed by atoms with E-state index < -0.39 is 11.7 Å². The fourth-order valence-electron chi connectivity index (χ4n) is 1.20. The molecule has 3 heteroatoms. The SMILES string of the molecule is CC(=O)C(F)(F)CC1CCC1. The summed E-state index contributed by atoms with van der Waals surface area (Å²) in [6, 6.07) is 0. The van der Waals surface area contributed by atoms with Gasteiger partial charge in [0, 0.05) is 13.3 Å². The summed E-state index contributed by atoms with van der Waals surface area (Å²) in [5.74, 6) is -3.97. The van der Waals surface area contributed by atoms with E-state index in [1.165, 1.54) is 0 Å². The molecule has 0 aromatic carbocycles. The molecule has 1 rings (SSSR count). The van der Waals surface area contributed by atoms with Crippen molar-refractivity contribution in [3.8, 4) is 0 Å². The van der Waals surface area contributed by atoms with Crippen molar-refractivity contribution in [2.24, 2.45) is 5.92 Å². The number of hydrogen-bond donors (Lipinski definition) is 0. The van der Waals surface area contributed by atoms with Crippen LogP contribution in [0.15, 0.2) is 0 Å². The summed E-state index contributed by atoms with van der Waals surface area (Å²) in [5.41, 5.74) is 0. The molecule has 1 aliphatic rings. The van der Waals surface area contributed by atoms with Crippen LogP contribution in [-0.2, 0) is 4.79 Å². The number of hydrogen-bond acceptors (Lipinski definition) is 1. The van der Waals surface area contributed by atoms with Gasteiger partial charge in [-0.1, -0.05) is 19.3 Å². The zero-order valence-corrected chi connectivity index (χ0v) is 6.57. The van der Waals surface area contributed by atoms with Gasteiger partial charge in [-0.25, -0.2) is 0 Å². The summed E-state index contributed by atoms with van der Waals surface area (Å²) in [7, 11) is 0. The Morgan fingerprint density at radius 2 is 2.09 bits per heavy atom. The molecule has 0 aliphatic heterocycles. The van der Waals surface area contributed by atoms with Crippen LogP contribution in [-0.4, -0.2) is 11.7 Å². The Labute approximate surface area is 64.8 Å². The first-order valence-electron chi connectivity index (χ1n) is 3.91. The van der Waals surface area contributed by atoms with Crippen molar-refractivity contribution in [1.29, 1.82) is 0 Å². The van der Waals surface area contributed by atoms with Gasteiger partial charge in [-0.05, 0) is 5.92 Å². The molecule has 0 atom stereocenters. The van der Waals surface area contributed by atoms with Crippen LogP contribution in [0.5, 0.6) is 0 Å². The third kappa shape index (κ3) is 1.98. The fourth-order valence-corrected chi connectivity index (χ4v) is 1.20. The fraction of sp³-hybridized carbons (Fsp3) is 0.875. The minimum Gasteiger partial charge on any atom is -0.293 e. The van der Waals surface area contributed by atoms with Crippen molar-refractivity contribution in [3.05, 3.63) is 0 Å². The molecule has 1 aliphatic carbocycles. The largest absolute Gasteiger partial charge is 0.305 e. The van der Waals surface area contributed by atoms with Crippen LogP contribution in [0.3, 0.4) is 0 Å². The van der Waals surface area contributed by atoms with Gasteiger partial charge < -0.3 is 0 Å². The van der Waals surface area contributed by atoms with Crippen LogP contribution in [0.4, 0.5) is 8.78 Å². The molecule has 0 unspecified atom stereocenters. The van der Waals surface area contributed by atoms with Gasteiger partial charge >= 0.3 is 5.92 Å². The second-order valence-corrected chi connectivity index (χ2v) is 3.26. The van der Waals surface area contributed by atoms with E-state index in [4.69, 9.17) is 0 Å². The first-order chi connectivity index (χ1) is 5.02. The molecule has 0 spiro atoms. The third-order valence-corrected chi connectivity index (χ3v) is 2.28. The van der Waals surface area contributed by atoms with Crippen molar-refractivity contribution in [1.82, 2.24) is 0 Å². The lowest BCUT2D eigenvalue weighted by atomic mass is 9.80. The zero-order valence-electron chi connectivity index (χ0n) is 6.57. The normalized spacial score (nSPS) is 19.5. The quantitative estimate of drug-likeness (QED) is 0.622. The van der Waals surface area contributed by atoms with Gasteiger partial charge in [0.15, 0.2) is 5.78 Å². The number of carbonyl (C=O) groups is 1. The van der Waals surface area contributed by atoms with Crippen molar-refractivity contribution in [3.63, 3.8) is 0 Å². The predicted molar refractivity (Wildman–Crippen MR) is 37.6 cm³/mol. The smallest absolute Gasteiger partial charge is 0.293 e. The highest BCUT2D eigenvalue weighted by atomic mass is 19.3. The lowest BCUT2D eigenvalue weighted by Crippen LogP contribution is -2.31. The van der Waals surface area contributed by atoms with Crippen LogP contribution in [0, 0.1) is 5.92 Å². The van der Waals surface area contributed by atoms with E-state index in [1.54, 1.807) is 0 Å². The highest BCUT2D eigenvalue weighted by molar-refractivity contribution is 5.82. The monoisotopic (exact) mass is 162 g/mol. The number of alkyl halides is 2. The molecule has 1 fully saturated rings. The molecule has 0 saturated heterocycles. The van der Waals surface area contributed by atoms with Gasteiger partial charge in [0.2, 0.25) is 0 Å². The molecular weight excluding hydrogens is 150 g/mol. The topological polar surface area (TPSA) is 17.1 Å². The summed E-state index contributed by atoms with van der Waals surface area (Å²) < 4.78 is 25.3. The van der Waals surface area contributed by atoms with Crippen molar-refractivity contribution < 1.29 is 13.6 Å². The number of halogens is 2. The number of carbonyl (C=O) groups excluding carboxylic acids is 1. The molecular formula is C8H12F2O. The Morgan fingerprint density at radius 3 is 2.36 bits per heavy atom. The van der Waals surface area contributed by atoms with Crippen molar-refractivity contribution in [2.45, 2.75) is 38.5 Å². The first-order valence-corrected chi connectivity index (χ1v) is 3.91. The van der Waals surface area contributed by atoms with Gasteiger partial charge in [-0.15, -0.1) is 0 Å². The van der Waals surface area contributed by atoms with Crippen LogP contribution >= 0.6 is 0 Å². The number of rotatable bonds is 3. The Morgan fingerprint density at radius 1 is 1.55 bits per heavy atom. The van der Waals surface area contributed by atoms with Gasteiger partial charge in [-0.2, -0.15) is 8.78 Å². The highest BCUT2D eigenvalue weighted by Crippen LogP contribution is 2.36. The Hall–Kier alpha value is -0.470. The summed E-state index contributed by atoms with van der Waals surface area (Å²) in [4.78, 5) is 10.4. The van der Waals surface area contributed by atoms with Gasteiger partial charge in [0.05, 0.1) is 0 Å². The van der Waals surface area contributed by atoms with Crippen LogP contribution < -0.4 is 0 Å². The maximum Gasteiger partial charge on any atom is 0.305 e. The molecule has 0 radical (unpaired) electrons. The average molecular weight is 162 g/mol. The van der Waals surface area contributed by atoms with Gasteiger partial charge in [-0.3, -0.25) is 4.79 Å². The Balaban J connectivity index is 2.38. The molecule has 1 nitrogen and oxygen atoms in total. The van der Waals surface area contributed by atoms with E-state index in [2.05, 4.69) is 0 Å². The standard InChI is InChI=1S/C8H12F2O/c1-6(11)8(9,10)5-7-3-2-4-7/h7H,2-5H2,1H3. The molecule has 0 N–H and O–H groups in total. The Kier molecular flexibility index (Phi) is 2.25. The molecule has 0 amide bonds. The number of Topliss-reactive ketones (excluding diaryl/α,β-unsaturated/α-hetero) is 1. The van der Waals surface area contributed by atoms with Gasteiger partial charge in [0.25, 0.3) is 0 Å². The summed E-state index contributed by atoms with van der Waals surface area (Å²) in [6.45, 7) is 0.957. The molecule has 11 heavy (non-hydrogen) atoms. The minimum atomic E-state index is -3.06. The van der Waals surface area contributed by atoms with E-state index in [0.29, 0.717) is 0 Å². The van der Waals surface area contributed by atoms with Crippen LogP contribution in [0.2, 0.25) is 0 Å². The van der Waals surface area contributed by atoms with E-state index >= 15 is 0 Å². The summed E-state index contributed by atoms with van der Waals surface area (Å²) in [6.07, 6.45) is 2.53. The molecule has 1 saturated carbocycles. The van der Waals surface area contributed by atoms with E-state index in [9.17, 15) is 13.6 Å². The molecule has 0 aromatic rings. The molecule has 0 heterocycles. The van der Waals surface area contributed by atoms with Crippen molar-refractivity contribution in [2.75, 3.05) is 0 Å². The third-order valence-electron chi connectivity index (χ3n) is 2.28. The van der Waals surface area contributed by atoms with Crippen LogP contribution in [0.1, 0.15) is 32.6 Å². The zero-order chi connectivity index (χ0) is 8.48. The maximum absolute atomic E-state index is 12.7. The minimum absolute atomic E-state index is 0.0916. The Bertz CT molecular complexity index is 161. The molecule has 0 bridgehead atoms. The van der Waals surface area contributed by atoms with E-state index in [-0.39, 0.29) is 12.3 Å². The van der Waals surface area contributed by atoms with E-state index in [1.807, 2.05) is 0 Å².